The van der Waals surface area contributed by atoms with Crippen molar-refractivity contribution in [1.29, 1.82) is 0 Å². The number of halogens is 3. The monoisotopic (exact) mass is 568 g/mol. The van der Waals surface area contributed by atoms with Gasteiger partial charge in [-0.1, -0.05) is 17.7 Å². The van der Waals surface area contributed by atoms with Crippen molar-refractivity contribution in [1.82, 2.24) is 15.5 Å². The van der Waals surface area contributed by atoms with Gasteiger partial charge in [0.25, 0.3) is 0 Å². The molecule has 2 fully saturated rings. The number of hydrogen-bond acceptors (Lipinski definition) is 4. The van der Waals surface area contributed by atoms with Crippen molar-refractivity contribution >= 4 is 41.5 Å². The normalized spacial score (nSPS) is 26.1. The van der Waals surface area contributed by atoms with Gasteiger partial charge in [-0.25, -0.2) is 4.39 Å². The Bertz CT molecular complexity index is 699. The maximum absolute atomic E-state index is 14.8. The lowest BCUT2D eigenvalue weighted by molar-refractivity contribution is -0.0336. The molecule has 1 aromatic rings. The molecule has 9 heteroatoms. The largest absolute Gasteiger partial charge is 0.393 e. The zero-order valence-electron chi connectivity index (χ0n) is 18.3. The maximum atomic E-state index is 14.8. The van der Waals surface area contributed by atoms with Crippen LogP contribution in [0.5, 0.6) is 0 Å². The number of nitrogens with zero attached hydrogens (tertiary/aromatic N) is 2. The molecule has 176 valence electrons. The first-order chi connectivity index (χ1) is 14.5. The molecule has 1 saturated heterocycles. The van der Waals surface area contributed by atoms with Crippen molar-refractivity contribution in [3.8, 4) is 0 Å². The number of guanidine groups is 1. The summed E-state index contributed by atoms with van der Waals surface area (Å²) < 4.78 is 20.5. The van der Waals surface area contributed by atoms with Gasteiger partial charge in [0.1, 0.15) is 5.82 Å². The highest BCUT2D eigenvalue weighted by atomic mass is 127. The molecule has 31 heavy (non-hydrogen) atoms. The summed E-state index contributed by atoms with van der Waals surface area (Å²) in [6.07, 6.45) is 3.31. The van der Waals surface area contributed by atoms with Crippen LogP contribution in [-0.2, 0) is 4.74 Å². The lowest BCUT2D eigenvalue weighted by Crippen LogP contribution is -2.47. The third-order valence-electron chi connectivity index (χ3n) is 5.85. The van der Waals surface area contributed by atoms with Crippen LogP contribution in [0.1, 0.15) is 51.1 Å². The maximum Gasteiger partial charge on any atom is 0.191 e. The first-order valence-corrected chi connectivity index (χ1v) is 11.4. The second-order valence-corrected chi connectivity index (χ2v) is 8.60. The molecule has 3 N–H and O–H groups in total. The molecular weight excluding hydrogens is 534 g/mol. The minimum absolute atomic E-state index is 0. The smallest absolute Gasteiger partial charge is 0.191 e. The molecular formula is C22H35ClFIN4O2. The minimum atomic E-state index is -0.305. The van der Waals surface area contributed by atoms with Crippen molar-refractivity contribution in [2.75, 3.05) is 32.8 Å². The summed E-state index contributed by atoms with van der Waals surface area (Å²) in [7, 11) is 0. The van der Waals surface area contributed by atoms with E-state index in [9.17, 15) is 9.50 Å². The minimum Gasteiger partial charge on any atom is -0.393 e. The Morgan fingerprint density at radius 1 is 1.35 bits per heavy atom. The first-order valence-electron chi connectivity index (χ1n) is 11.0. The van der Waals surface area contributed by atoms with Crippen molar-refractivity contribution in [3.05, 3.63) is 34.6 Å². The van der Waals surface area contributed by atoms with E-state index >= 15 is 0 Å². The van der Waals surface area contributed by atoms with Gasteiger partial charge in [0.2, 0.25) is 0 Å². The number of ether oxygens (including phenoxy) is 1. The summed E-state index contributed by atoms with van der Waals surface area (Å²) in [5, 5.41) is 16.9. The van der Waals surface area contributed by atoms with Gasteiger partial charge in [0.05, 0.1) is 31.4 Å². The van der Waals surface area contributed by atoms with Crippen LogP contribution in [0, 0.1) is 5.82 Å². The average Bonchev–Trinajstić information content (AvgIpc) is 2.72. The van der Waals surface area contributed by atoms with E-state index in [1.807, 2.05) is 13.8 Å². The quantitative estimate of drug-likeness (QED) is 0.277. The third kappa shape index (κ3) is 7.70. The van der Waals surface area contributed by atoms with Crippen molar-refractivity contribution in [3.63, 3.8) is 0 Å². The molecule has 2 aliphatic rings. The summed E-state index contributed by atoms with van der Waals surface area (Å²) in [5.41, 5.74) is 0.494. The zero-order valence-corrected chi connectivity index (χ0v) is 21.4. The lowest BCUT2D eigenvalue weighted by atomic mass is 9.93. The Kier molecular flexibility index (Phi) is 11.3. The Balaban J connectivity index is 0.00000341. The highest BCUT2D eigenvalue weighted by molar-refractivity contribution is 14.0. The van der Waals surface area contributed by atoms with Gasteiger partial charge in [-0.2, -0.15) is 0 Å². The summed E-state index contributed by atoms with van der Waals surface area (Å²) in [6, 6.07) is 4.83. The fourth-order valence-electron chi connectivity index (χ4n) is 4.26. The number of aliphatic imine (C=N–C) groups is 1. The molecule has 1 saturated carbocycles. The van der Waals surface area contributed by atoms with Gasteiger partial charge in [-0.15, -0.1) is 24.0 Å². The number of hydrogen-bond donors (Lipinski definition) is 3. The van der Waals surface area contributed by atoms with Crippen LogP contribution < -0.4 is 10.6 Å². The molecule has 0 bridgehead atoms. The molecule has 3 rings (SSSR count). The predicted octanol–water partition coefficient (Wildman–Crippen LogP) is 3.72. The first kappa shape index (κ1) is 26.6. The van der Waals surface area contributed by atoms with E-state index in [2.05, 4.69) is 15.5 Å². The van der Waals surface area contributed by atoms with E-state index < -0.39 is 0 Å². The average molecular weight is 569 g/mol. The molecule has 2 unspecified atom stereocenters. The second-order valence-electron chi connectivity index (χ2n) is 8.20. The summed E-state index contributed by atoms with van der Waals surface area (Å²) in [4.78, 5) is 7.02. The van der Waals surface area contributed by atoms with Crippen LogP contribution in [0.2, 0.25) is 5.02 Å². The van der Waals surface area contributed by atoms with Crippen molar-refractivity contribution in [2.24, 2.45) is 4.99 Å². The van der Waals surface area contributed by atoms with Crippen LogP contribution >= 0.6 is 35.6 Å². The van der Waals surface area contributed by atoms with Gasteiger partial charge in [0.15, 0.2) is 5.96 Å². The molecule has 0 spiro atoms. The SMILES string of the molecule is CCNC(=NCC(c1c(F)cccc1Cl)N1CCOC(C)C1)NC1CCC(O)CC1.I. The predicted molar refractivity (Wildman–Crippen MR) is 134 cm³/mol. The Morgan fingerprint density at radius 2 is 2.10 bits per heavy atom. The van der Waals surface area contributed by atoms with E-state index in [1.54, 1.807) is 12.1 Å². The highest BCUT2D eigenvalue weighted by Crippen LogP contribution is 2.31. The Labute approximate surface area is 207 Å². The molecule has 0 radical (unpaired) electrons. The van der Waals surface area contributed by atoms with Crippen molar-refractivity contribution in [2.45, 2.75) is 63.8 Å². The molecule has 1 aliphatic heterocycles. The summed E-state index contributed by atoms with van der Waals surface area (Å²) in [5.74, 6) is 0.415. The van der Waals surface area contributed by atoms with Crippen LogP contribution in [0.25, 0.3) is 0 Å². The number of benzene rings is 1. The third-order valence-corrected chi connectivity index (χ3v) is 6.18. The van der Waals surface area contributed by atoms with Crippen LogP contribution in [-0.4, -0.2) is 67.0 Å². The number of morpholine rings is 1. The molecule has 2 atom stereocenters. The fraction of sp³-hybridized carbons (Fsp3) is 0.682. The van der Waals surface area contributed by atoms with E-state index in [1.165, 1.54) is 6.07 Å². The standard InChI is InChI=1S/C22H34ClFN4O2.HI/c1-3-25-22(27-16-7-9-17(29)10-8-16)26-13-20(28-11-12-30-15(2)14-28)21-18(23)5-4-6-19(21)24;/h4-6,15-17,20,29H,3,7-14H2,1-2H3,(H2,25,26,27);1H. The topological polar surface area (TPSA) is 69.1 Å². The van der Waals surface area contributed by atoms with E-state index in [-0.39, 0.29) is 54.1 Å². The highest BCUT2D eigenvalue weighted by Gasteiger charge is 2.29. The van der Waals surface area contributed by atoms with Crippen LogP contribution in [0.3, 0.4) is 0 Å². The Hall–Kier alpha value is -0.680. The van der Waals surface area contributed by atoms with E-state index in [0.29, 0.717) is 36.8 Å². The van der Waals surface area contributed by atoms with Gasteiger partial charge >= 0.3 is 0 Å². The molecule has 6 nitrogen and oxygen atoms in total. The van der Waals surface area contributed by atoms with Gasteiger partial charge < -0.3 is 20.5 Å². The number of aliphatic hydroxyl groups is 1. The lowest BCUT2D eigenvalue weighted by Gasteiger charge is -2.37. The fourth-order valence-corrected chi connectivity index (χ4v) is 4.55. The van der Waals surface area contributed by atoms with Gasteiger partial charge in [-0.3, -0.25) is 9.89 Å². The van der Waals surface area contributed by atoms with Crippen LogP contribution in [0.15, 0.2) is 23.2 Å². The second kappa shape index (κ2) is 13.1. The molecule has 1 heterocycles. The molecule has 1 aromatic carbocycles. The van der Waals surface area contributed by atoms with Crippen LogP contribution in [0.4, 0.5) is 4.39 Å². The Morgan fingerprint density at radius 3 is 2.74 bits per heavy atom. The zero-order chi connectivity index (χ0) is 21.5. The van der Waals surface area contributed by atoms with Gasteiger partial charge in [0, 0.05) is 36.3 Å². The number of rotatable bonds is 6. The van der Waals surface area contributed by atoms with E-state index in [4.69, 9.17) is 21.3 Å². The number of aliphatic hydroxyl groups excluding tert-OH is 1. The molecule has 0 amide bonds. The molecule has 0 aromatic heterocycles. The summed E-state index contributed by atoms with van der Waals surface area (Å²) >= 11 is 6.42. The van der Waals surface area contributed by atoms with Crippen molar-refractivity contribution < 1.29 is 14.2 Å². The number of nitrogens with one attached hydrogen (secondary N) is 2. The van der Waals surface area contributed by atoms with E-state index in [0.717, 1.165) is 38.2 Å². The summed E-state index contributed by atoms with van der Waals surface area (Å²) in [6.45, 7) is 7.19. The van der Waals surface area contributed by atoms with Gasteiger partial charge in [-0.05, 0) is 51.7 Å². The molecule has 1 aliphatic carbocycles.